The highest BCUT2D eigenvalue weighted by Gasteiger charge is 2.23. The van der Waals surface area contributed by atoms with Crippen molar-refractivity contribution in [3.05, 3.63) is 29.8 Å². The number of carbonyl (C=O) groups excluding carboxylic acids is 1. The van der Waals surface area contributed by atoms with E-state index in [0.29, 0.717) is 22.8 Å². The van der Waals surface area contributed by atoms with Gasteiger partial charge in [0.1, 0.15) is 17.2 Å². The van der Waals surface area contributed by atoms with Gasteiger partial charge in [-0.05, 0) is 6.92 Å². The van der Waals surface area contributed by atoms with Gasteiger partial charge in [0.2, 0.25) is 0 Å². The second-order valence-electron chi connectivity index (χ2n) is 3.79. The van der Waals surface area contributed by atoms with Gasteiger partial charge in [-0.3, -0.25) is 0 Å². The molecule has 0 aromatic heterocycles. The van der Waals surface area contributed by atoms with Gasteiger partial charge in [-0.1, -0.05) is 0 Å². The molecule has 2 rings (SSSR count). The van der Waals surface area contributed by atoms with Gasteiger partial charge in [-0.25, -0.2) is 4.79 Å². The van der Waals surface area contributed by atoms with Crippen molar-refractivity contribution in [3.8, 4) is 17.2 Å². The Kier molecular flexibility index (Phi) is 3.41. The number of benzene rings is 1. The molecule has 1 aliphatic heterocycles. The van der Waals surface area contributed by atoms with Crippen LogP contribution in [0.3, 0.4) is 0 Å². The first kappa shape index (κ1) is 12.3. The van der Waals surface area contributed by atoms with Crippen LogP contribution in [0.5, 0.6) is 17.2 Å². The summed E-state index contributed by atoms with van der Waals surface area (Å²) in [7, 11) is 3.11. The normalized spacial score (nSPS) is 18.1. The molecular weight excluding hydrogens is 236 g/mol. The van der Waals surface area contributed by atoms with Crippen molar-refractivity contribution < 1.29 is 23.7 Å². The fourth-order valence-corrected chi connectivity index (χ4v) is 1.55. The van der Waals surface area contributed by atoms with Crippen LogP contribution in [-0.2, 0) is 9.53 Å². The van der Waals surface area contributed by atoms with Crippen molar-refractivity contribution in [2.75, 3.05) is 14.2 Å². The summed E-state index contributed by atoms with van der Waals surface area (Å²) in [6.45, 7) is 1.68. The number of cyclic esters (lactones) is 1. The first-order chi connectivity index (χ1) is 8.62. The van der Waals surface area contributed by atoms with Crippen LogP contribution in [0.2, 0.25) is 0 Å². The van der Waals surface area contributed by atoms with E-state index in [0.717, 1.165) is 0 Å². The molecule has 1 unspecified atom stereocenters. The van der Waals surface area contributed by atoms with Gasteiger partial charge in [-0.15, -0.1) is 0 Å². The molecule has 1 atom stereocenters. The van der Waals surface area contributed by atoms with Crippen molar-refractivity contribution in [1.82, 2.24) is 0 Å². The van der Waals surface area contributed by atoms with Crippen LogP contribution in [0.15, 0.2) is 29.8 Å². The van der Waals surface area contributed by atoms with E-state index < -0.39 is 6.29 Å². The Hall–Kier alpha value is -2.17. The van der Waals surface area contributed by atoms with E-state index in [2.05, 4.69) is 0 Å². The summed E-state index contributed by atoms with van der Waals surface area (Å²) in [5, 5.41) is 0. The Balaban J connectivity index is 2.16. The van der Waals surface area contributed by atoms with Crippen LogP contribution in [0, 0.1) is 0 Å². The highest BCUT2D eigenvalue weighted by atomic mass is 16.7. The van der Waals surface area contributed by atoms with Crippen molar-refractivity contribution in [1.29, 1.82) is 0 Å². The molecule has 1 aromatic rings. The number of methoxy groups -OCH3 is 2. The fourth-order valence-electron chi connectivity index (χ4n) is 1.55. The Morgan fingerprint density at radius 1 is 1.06 bits per heavy atom. The van der Waals surface area contributed by atoms with E-state index in [1.807, 2.05) is 0 Å². The molecule has 1 aromatic carbocycles. The molecule has 0 aliphatic carbocycles. The molecule has 0 radical (unpaired) electrons. The smallest absolute Gasteiger partial charge is 0.336 e. The molecule has 0 fully saturated rings. The molecule has 0 N–H and O–H groups in total. The average molecular weight is 250 g/mol. The second-order valence-corrected chi connectivity index (χ2v) is 3.79. The molecule has 18 heavy (non-hydrogen) atoms. The summed E-state index contributed by atoms with van der Waals surface area (Å²) in [4.78, 5) is 11.2. The lowest BCUT2D eigenvalue weighted by atomic mass is 10.3. The molecule has 1 heterocycles. The number of carbonyl (C=O) groups is 1. The van der Waals surface area contributed by atoms with Gasteiger partial charge in [0.15, 0.2) is 0 Å². The largest absolute Gasteiger partial charge is 0.496 e. The molecule has 0 spiro atoms. The molecule has 0 saturated carbocycles. The molecule has 0 amide bonds. The standard InChI is InChI=1S/C13H14O5/c1-8-4-12(18-13(8)14)17-11-6-9(15-2)5-10(7-11)16-3/h4-7,12H,1-3H3. The van der Waals surface area contributed by atoms with Crippen LogP contribution in [-0.4, -0.2) is 26.5 Å². The van der Waals surface area contributed by atoms with Gasteiger partial charge in [-0.2, -0.15) is 0 Å². The van der Waals surface area contributed by atoms with Crippen LogP contribution in [0.25, 0.3) is 0 Å². The molecule has 5 heteroatoms. The summed E-state index contributed by atoms with van der Waals surface area (Å²) in [5.41, 5.74) is 0.537. The predicted molar refractivity (Wildman–Crippen MR) is 63.8 cm³/mol. The lowest BCUT2D eigenvalue weighted by molar-refractivity contribution is -0.148. The monoisotopic (exact) mass is 250 g/mol. The number of ether oxygens (including phenoxy) is 4. The van der Waals surface area contributed by atoms with E-state index in [4.69, 9.17) is 18.9 Å². The molecule has 0 saturated heterocycles. The summed E-state index contributed by atoms with van der Waals surface area (Å²) in [6, 6.07) is 5.12. The first-order valence-corrected chi connectivity index (χ1v) is 5.41. The zero-order chi connectivity index (χ0) is 13.1. The maximum Gasteiger partial charge on any atom is 0.336 e. The van der Waals surface area contributed by atoms with Gasteiger partial charge in [0.05, 0.1) is 14.2 Å². The molecule has 96 valence electrons. The Labute approximate surface area is 105 Å². The third-order valence-corrected chi connectivity index (χ3v) is 2.51. The summed E-state index contributed by atoms with van der Waals surface area (Å²) in [5.74, 6) is 1.36. The minimum absolute atomic E-state index is 0.366. The van der Waals surface area contributed by atoms with E-state index in [1.54, 1.807) is 45.4 Å². The van der Waals surface area contributed by atoms with E-state index in [9.17, 15) is 4.79 Å². The number of esters is 1. The quantitative estimate of drug-likeness (QED) is 0.764. The van der Waals surface area contributed by atoms with Crippen LogP contribution in [0.4, 0.5) is 0 Å². The van der Waals surface area contributed by atoms with Crippen LogP contribution >= 0.6 is 0 Å². The lowest BCUT2D eigenvalue weighted by Gasteiger charge is -2.13. The molecule has 1 aliphatic rings. The van der Waals surface area contributed by atoms with Crippen molar-refractivity contribution in [3.63, 3.8) is 0 Å². The van der Waals surface area contributed by atoms with E-state index in [1.165, 1.54) is 0 Å². The molecular formula is C13H14O5. The zero-order valence-corrected chi connectivity index (χ0v) is 10.4. The minimum atomic E-state index is -0.700. The Morgan fingerprint density at radius 2 is 1.61 bits per heavy atom. The van der Waals surface area contributed by atoms with Crippen LogP contribution in [0.1, 0.15) is 6.92 Å². The molecule has 0 bridgehead atoms. The predicted octanol–water partition coefficient (Wildman–Crippen LogP) is 1.91. The number of hydrogen-bond acceptors (Lipinski definition) is 5. The van der Waals surface area contributed by atoms with E-state index in [-0.39, 0.29) is 5.97 Å². The van der Waals surface area contributed by atoms with Crippen molar-refractivity contribution >= 4 is 5.97 Å². The van der Waals surface area contributed by atoms with Crippen LogP contribution < -0.4 is 14.2 Å². The van der Waals surface area contributed by atoms with Gasteiger partial charge in [0.25, 0.3) is 6.29 Å². The summed E-state index contributed by atoms with van der Waals surface area (Å²) in [6.07, 6.45) is 0.920. The second kappa shape index (κ2) is 5.00. The van der Waals surface area contributed by atoms with Gasteiger partial charge < -0.3 is 18.9 Å². The SMILES string of the molecule is COc1cc(OC)cc(OC2C=C(C)C(=O)O2)c1. The fraction of sp³-hybridized carbons (Fsp3) is 0.308. The maximum absolute atomic E-state index is 11.2. The zero-order valence-electron chi connectivity index (χ0n) is 10.4. The third-order valence-electron chi connectivity index (χ3n) is 2.51. The highest BCUT2D eigenvalue weighted by Crippen LogP contribution is 2.29. The topological polar surface area (TPSA) is 54.0 Å². The van der Waals surface area contributed by atoms with Crippen molar-refractivity contribution in [2.45, 2.75) is 13.2 Å². The van der Waals surface area contributed by atoms with Gasteiger partial charge in [0, 0.05) is 29.8 Å². The first-order valence-electron chi connectivity index (χ1n) is 5.41. The summed E-state index contributed by atoms with van der Waals surface area (Å²) >= 11 is 0. The minimum Gasteiger partial charge on any atom is -0.496 e. The maximum atomic E-state index is 11.2. The van der Waals surface area contributed by atoms with Crippen molar-refractivity contribution in [2.24, 2.45) is 0 Å². The Bertz CT molecular complexity index is 470. The average Bonchev–Trinajstić information content (AvgIpc) is 2.67. The number of hydrogen-bond donors (Lipinski definition) is 0. The van der Waals surface area contributed by atoms with Gasteiger partial charge >= 0.3 is 5.97 Å². The summed E-state index contributed by atoms with van der Waals surface area (Å²) < 4.78 is 20.8. The lowest BCUT2D eigenvalue weighted by Crippen LogP contribution is -2.15. The number of rotatable bonds is 4. The third kappa shape index (κ3) is 2.56. The highest BCUT2D eigenvalue weighted by molar-refractivity contribution is 5.90. The Morgan fingerprint density at radius 3 is 2.06 bits per heavy atom. The van der Waals surface area contributed by atoms with E-state index >= 15 is 0 Å². The molecule has 5 nitrogen and oxygen atoms in total.